The van der Waals surface area contributed by atoms with Crippen LogP contribution in [0.5, 0.6) is 5.75 Å². The highest BCUT2D eigenvalue weighted by Crippen LogP contribution is 2.52. The number of likely N-dealkylation sites (tertiary alicyclic amines) is 1. The molecule has 1 saturated carbocycles. The van der Waals surface area contributed by atoms with Crippen molar-refractivity contribution in [2.45, 2.75) is 69.2 Å². The smallest absolute Gasteiger partial charge is 0.408 e. The summed E-state index contributed by atoms with van der Waals surface area (Å²) >= 11 is 0. The van der Waals surface area contributed by atoms with Crippen LogP contribution >= 0.6 is 0 Å². The van der Waals surface area contributed by atoms with Gasteiger partial charge in [0.25, 0.3) is 0 Å². The standard InChI is InChI=1S/C27H28F3N5O3/c1-16-4-2-5-20-23(16)26(25(37)35(20)15-22(36)34-11-3-6-21(34)27(28,29)30)9-7-18(8-10-26)38-19-12-17-13-32-33-24(17)31-14-19/h2,4-5,12-14,18,21H,3,6-11,15H2,1H3,(H,31,32,33)/t18?,21-,26?/m0/s1. The van der Waals surface area contributed by atoms with Crippen LogP contribution in [0.1, 0.15) is 49.7 Å². The summed E-state index contributed by atoms with van der Waals surface area (Å²) in [5.74, 6) is -0.245. The van der Waals surface area contributed by atoms with Crippen LogP contribution < -0.4 is 9.64 Å². The molecular formula is C27H28F3N5O3. The Hall–Kier alpha value is -3.63. The Bertz CT molecular complexity index is 1400. The fourth-order valence-corrected chi connectivity index (χ4v) is 6.50. The molecule has 1 N–H and O–H groups in total. The Morgan fingerprint density at radius 1 is 1.21 bits per heavy atom. The molecule has 11 heteroatoms. The van der Waals surface area contributed by atoms with Crippen molar-refractivity contribution >= 4 is 28.5 Å². The molecule has 8 nitrogen and oxygen atoms in total. The average Bonchev–Trinajstić information content (AvgIpc) is 3.61. The largest absolute Gasteiger partial charge is 0.489 e. The third-order valence-corrected chi connectivity index (χ3v) is 8.27. The van der Waals surface area contributed by atoms with Crippen LogP contribution in [0.2, 0.25) is 0 Å². The minimum atomic E-state index is -4.48. The molecule has 0 unspecified atom stereocenters. The molecule has 3 aliphatic rings. The van der Waals surface area contributed by atoms with Crippen LogP contribution in [0.25, 0.3) is 11.0 Å². The Morgan fingerprint density at radius 3 is 2.76 bits per heavy atom. The van der Waals surface area contributed by atoms with E-state index in [1.807, 2.05) is 25.1 Å². The number of carbonyl (C=O) groups excluding carboxylic acids is 2. The molecule has 1 saturated heterocycles. The topological polar surface area (TPSA) is 91.4 Å². The molecule has 4 heterocycles. The second-order valence-corrected chi connectivity index (χ2v) is 10.5. The van der Waals surface area contributed by atoms with E-state index < -0.39 is 23.5 Å². The van der Waals surface area contributed by atoms with Gasteiger partial charge in [0, 0.05) is 17.6 Å². The lowest BCUT2D eigenvalue weighted by Crippen LogP contribution is -2.51. The van der Waals surface area contributed by atoms with Gasteiger partial charge < -0.3 is 14.5 Å². The van der Waals surface area contributed by atoms with Gasteiger partial charge in [-0.25, -0.2) is 4.98 Å². The number of fused-ring (bicyclic) bond motifs is 3. The van der Waals surface area contributed by atoms with Gasteiger partial charge in [-0.15, -0.1) is 0 Å². The number of hydrogen-bond donors (Lipinski definition) is 1. The van der Waals surface area contributed by atoms with Gasteiger partial charge in [0.15, 0.2) is 5.65 Å². The predicted octanol–water partition coefficient (Wildman–Crippen LogP) is 4.43. The quantitative estimate of drug-likeness (QED) is 0.542. The van der Waals surface area contributed by atoms with Gasteiger partial charge in [-0.2, -0.15) is 18.3 Å². The molecule has 2 aliphatic heterocycles. The lowest BCUT2D eigenvalue weighted by Gasteiger charge is -2.37. The summed E-state index contributed by atoms with van der Waals surface area (Å²) in [7, 11) is 0. The van der Waals surface area contributed by atoms with Crippen molar-refractivity contribution in [3.05, 3.63) is 47.8 Å². The molecule has 2 amide bonds. The summed E-state index contributed by atoms with van der Waals surface area (Å²) in [5, 5.41) is 7.63. The maximum Gasteiger partial charge on any atom is 0.408 e. The van der Waals surface area contributed by atoms with Gasteiger partial charge >= 0.3 is 6.18 Å². The molecule has 6 rings (SSSR count). The zero-order valence-corrected chi connectivity index (χ0v) is 20.9. The van der Waals surface area contributed by atoms with E-state index in [9.17, 15) is 22.8 Å². The number of H-pyrrole nitrogens is 1. The number of anilines is 1. The van der Waals surface area contributed by atoms with E-state index >= 15 is 0 Å². The first-order valence-corrected chi connectivity index (χ1v) is 12.9. The van der Waals surface area contributed by atoms with Gasteiger partial charge in [0.05, 0.1) is 23.9 Å². The maximum atomic E-state index is 14.0. The average molecular weight is 528 g/mol. The fourth-order valence-electron chi connectivity index (χ4n) is 6.50. The Balaban J connectivity index is 1.21. The molecule has 38 heavy (non-hydrogen) atoms. The van der Waals surface area contributed by atoms with Gasteiger partial charge in [-0.1, -0.05) is 12.1 Å². The first kappa shape index (κ1) is 24.7. The first-order chi connectivity index (χ1) is 18.2. The highest BCUT2D eigenvalue weighted by molar-refractivity contribution is 6.11. The molecule has 1 aromatic carbocycles. The maximum absolute atomic E-state index is 14.0. The lowest BCUT2D eigenvalue weighted by molar-refractivity contribution is -0.182. The number of alkyl halides is 3. The first-order valence-electron chi connectivity index (χ1n) is 12.9. The molecular weight excluding hydrogens is 499 g/mol. The van der Waals surface area contributed by atoms with Crippen molar-refractivity contribution in [1.82, 2.24) is 20.1 Å². The number of aromatic nitrogens is 3. The Labute approximate surface area is 217 Å². The van der Waals surface area contributed by atoms with Crippen LogP contribution in [0.3, 0.4) is 0 Å². The lowest BCUT2D eigenvalue weighted by atomic mass is 9.68. The molecule has 3 aromatic rings. The third-order valence-electron chi connectivity index (χ3n) is 8.27. The molecule has 1 aliphatic carbocycles. The van der Waals surface area contributed by atoms with E-state index in [0.717, 1.165) is 21.4 Å². The summed E-state index contributed by atoms with van der Waals surface area (Å²) in [5.41, 5.74) is 2.30. The third kappa shape index (κ3) is 3.99. The monoisotopic (exact) mass is 527 g/mol. The summed E-state index contributed by atoms with van der Waals surface area (Å²) in [6.07, 6.45) is 1.21. The number of ether oxygens (including phenoxy) is 1. The number of pyridine rings is 1. The highest BCUT2D eigenvalue weighted by atomic mass is 19.4. The highest BCUT2D eigenvalue weighted by Gasteiger charge is 2.54. The molecule has 2 aromatic heterocycles. The van der Waals surface area contributed by atoms with Gasteiger partial charge in [-0.3, -0.25) is 14.7 Å². The minimum Gasteiger partial charge on any atom is -0.489 e. The molecule has 1 spiro atoms. The SMILES string of the molecule is Cc1cccc2c1C1(CCC(Oc3cnc4[nH]ncc4c3)CC1)C(=O)N2CC(=O)N1CCC[C@H]1C(F)(F)F. The van der Waals surface area contributed by atoms with E-state index in [-0.39, 0.29) is 31.5 Å². The number of benzene rings is 1. The summed E-state index contributed by atoms with van der Waals surface area (Å²) in [6, 6.07) is 5.63. The normalized spacial score (nSPS) is 25.4. The minimum absolute atomic E-state index is 0.0509. The van der Waals surface area contributed by atoms with Crippen LogP contribution in [0, 0.1) is 6.92 Å². The molecule has 2 fully saturated rings. The Morgan fingerprint density at radius 2 is 2.00 bits per heavy atom. The molecule has 200 valence electrons. The number of aryl methyl sites for hydroxylation is 1. The number of hydrogen-bond acceptors (Lipinski definition) is 5. The van der Waals surface area contributed by atoms with Crippen molar-refractivity contribution in [1.29, 1.82) is 0 Å². The number of nitrogens with one attached hydrogen (secondary N) is 1. The summed E-state index contributed by atoms with van der Waals surface area (Å²) in [4.78, 5) is 33.7. The van der Waals surface area contributed by atoms with Crippen molar-refractivity contribution in [3.8, 4) is 5.75 Å². The van der Waals surface area contributed by atoms with E-state index in [1.165, 1.54) is 4.90 Å². The van der Waals surface area contributed by atoms with Crippen molar-refractivity contribution in [2.24, 2.45) is 0 Å². The van der Waals surface area contributed by atoms with Crippen LogP contribution in [0.4, 0.5) is 18.9 Å². The number of halogens is 3. The number of nitrogens with zero attached hydrogens (tertiary/aromatic N) is 4. The van der Waals surface area contributed by atoms with Crippen LogP contribution in [-0.4, -0.2) is 63.3 Å². The predicted molar refractivity (Wildman–Crippen MR) is 133 cm³/mol. The zero-order chi connectivity index (χ0) is 26.7. The second kappa shape index (κ2) is 8.99. The van der Waals surface area contributed by atoms with E-state index in [2.05, 4.69) is 15.2 Å². The zero-order valence-electron chi connectivity index (χ0n) is 20.9. The molecule has 0 radical (unpaired) electrons. The van der Waals surface area contributed by atoms with Crippen molar-refractivity contribution in [2.75, 3.05) is 18.0 Å². The van der Waals surface area contributed by atoms with E-state index in [0.29, 0.717) is 49.2 Å². The van der Waals surface area contributed by atoms with Crippen molar-refractivity contribution in [3.63, 3.8) is 0 Å². The van der Waals surface area contributed by atoms with Crippen LogP contribution in [-0.2, 0) is 15.0 Å². The Kier molecular flexibility index (Phi) is 5.84. The number of rotatable bonds is 4. The molecule has 1 atom stereocenters. The summed E-state index contributed by atoms with van der Waals surface area (Å²) in [6.45, 7) is 1.60. The molecule has 0 bridgehead atoms. The van der Waals surface area contributed by atoms with E-state index in [4.69, 9.17) is 4.74 Å². The number of carbonyl (C=O) groups is 2. The number of aromatic amines is 1. The van der Waals surface area contributed by atoms with Gasteiger partial charge in [0.2, 0.25) is 11.8 Å². The fraction of sp³-hybridized carbons (Fsp3) is 0.481. The van der Waals surface area contributed by atoms with Gasteiger partial charge in [-0.05, 0) is 68.7 Å². The second-order valence-electron chi connectivity index (χ2n) is 10.5. The van der Waals surface area contributed by atoms with E-state index in [1.54, 1.807) is 18.5 Å². The van der Waals surface area contributed by atoms with Crippen LogP contribution in [0.15, 0.2) is 36.7 Å². The number of amides is 2. The summed E-state index contributed by atoms with van der Waals surface area (Å²) < 4.78 is 46.7. The van der Waals surface area contributed by atoms with Gasteiger partial charge in [0.1, 0.15) is 18.3 Å². The van der Waals surface area contributed by atoms with Crippen molar-refractivity contribution < 1.29 is 27.5 Å².